The highest BCUT2D eigenvalue weighted by molar-refractivity contribution is 5.84. The Morgan fingerprint density at radius 3 is 1.29 bits per heavy atom. The molecule has 812 valence electrons. The molecule has 11 aliphatic rings. The molecule has 43 N–H and O–H groups in total. The van der Waals surface area contributed by atoms with Gasteiger partial charge in [-0.05, 0) is 6.08 Å². The third-order valence-corrected chi connectivity index (χ3v) is 25.6. The zero-order valence-corrected chi connectivity index (χ0v) is 72.8. The van der Waals surface area contributed by atoms with Crippen molar-refractivity contribution in [2.45, 2.75) is 368 Å². The minimum Gasteiger partial charge on any atom is -0.477 e. The van der Waals surface area contributed by atoms with E-state index >= 15 is 0 Å². The molecule has 0 amide bonds. The number of hydrogen-bond acceptors (Lipinski definition) is 62. The number of rotatable bonds is 40. The van der Waals surface area contributed by atoms with Crippen LogP contribution in [0, 0.1) is 0 Å². The Labute approximate surface area is 786 Å². The Morgan fingerprint density at radius 1 is 0.336 bits per heavy atom. The van der Waals surface area contributed by atoms with E-state index in [-0.39, 0.29) is 0 Å². The van der Waals surface area contributed by atoms with Crippen LogP contribution in [0.25, 0.3) is 0 Å². The van der Waals surface area contributed by atoms with Crippen molar-refractivity contribution in [3.63, 3.8) is 0 Å². The normalized spacial score (nSPS) is 48.8. The zero-order chi connectivity index (χ0) is 104. The Kier molecular flexibility index (Phi) is 40.5. The van der Waals surface area contributed by atoms with Crippen molar-refractivity contribution in [2.75, 3.05) is 66.1 Å². The molecule has 0 radical (unpaired) electrons. The van der Waals surface area contributed by atoms with Crippen molar-refractivity contribution in [3.8, 4) is 0 Å². The molecule has 11 heterocycles. The molecule has 0 saturated carbocycles. The van der Waals surface area contributed by atoms with Crippen molar-refractivity contribution in [2.24, 2.45) is 11.5 Å². The molecule has 10 saturated heterocycles. The first-order chi connectivity index (χ1) is 65.8. The van der Waals surface area contributed by atoms with E-state index in [0.29, 0.717) is 6.08 Å². The van der Waals surface area contributed by atoms with E-state index in [0.717, 1.165) is 0 Å². The lowest BCUT2D eigenvalue weighted by atomic mass is 9.89. The largest absolute Gasteiger partial charge is 0.477 e. The van der Waals surface area contributed by atoms with Crippen molar-refractivity contribution < 1.29 is 313 Å². The molecule has 0 bridgehead atoms. The Morgan fingerprint density at radius 2 is 0.743 bits per heavy atom. The van der Waals surface area contributed by atoms with Gasteiger partial charge in [-0.25, -0.2) is 14.4 Å². The number of hydrogen-bond donors (Lipinski definition) is 41. The highest BCUT2D eigenvalue weighted by Gasteiger charge is 2.67. The number of aliphatic carboxylic acids is 3. The van der Waals surface area contributed by atoms with Gasteiger partial charge in [0.25, 0.3) is 11.6 Å². The summed E-state index contributed by atoms with van der Waals surface area (Å²) in [5, 5.41) is 435. The van der Waals surface area contributed by atoms with Gasteiger partial charge < -0.3 is 310 Å². The summed E-state index contributed by atoms with van der Waals surface area (Å²) in [6.45, 7) is -13.7. The highest BCUT2D eigenvalue weighted by Crippen LogP contribution is 2.46. The fourth-order valence-electron chi connectivity index (χ4n) is 17.4. The predicted octanol–water partition coefficient (Wildman–Crippen LogP) is -27.3. The Balaban J connectivity index is 1.02. The van der Waals surface area contributed by atoms with Crippen LogP contribution in [0.2, 0.25) is 0 Å². The molecule has 0 aromatic rings. The molecule has 140 heavy (non-hydrogen) atoms. The van der Waals surface area contributed by atoms with E-state index in [1.54, 1.807) is 0 Å². The summed E-state index contributed by atoms with van der Waals surface area (Å²) in [5.74, 6) is -15.8. The van der Waals surface area contributed by atoms with Crippen molar-refractivity contribution in [1.82, 2.24) is 0 Å². The van der Waals surface area contributed by atoms with Crippen molar-refractivity contribution in [3.05, 3.63) is 11.8 Å². The van der Waals surface area contributed by atoms with Gasteiger partial charge in [-0.2, -0.15) is 0 Å². The summed E-state index contributed by atoms with van der Waals surface area (Å²) in [6.07, 6.45) is -138. The van der Waals surface area contributed by atoms with Crippen LogP contribution in [0.15, 0.2) is 11.8 Å². The van der Waals surface area contributed by atoms with Crippen LogP contribution >= 0.6 is 0 Å². The van der Waals surface area contributed by atoms with Gasteiger partial charge in [0.1, 0.15) is 256 Å². The van der Waals surface area contributed by atoms with Gasteiger partial charge in [0.05, 0.1) is 90.4 Å². The van der Waals surface area contributed by atoms with E-state index < -0.39 is 458 Å². The van der Waals surface area contributed by atoms with Gasteiger partial charge >= 0.3 is 17.9 Å². The molecule has 0 aromatic carbocycles. The minimum atomic E-state index is -3.72. The van der Waals surface area contributed by atoms with Gasteiger partial charge in [-0.3, -0.25) is 0 Å². The summed E-state index contributed by atoms with van der Waals surface area (Å²) in [6, 6.07) is -3.39. The second kappa shape index (κ2) is 48.9. The van der Waals surface area contributed by atoms with E-state index in [1.807, 2.05) is 0 Å². The predicted molar refractivity (Wildman–Crippen MR) is 418 cm³/mol. The first kappa shape index (κ1) is 116. The van der Waals surface area contributed by atoms with Crippen molar-refractivity contribution >= 4 is 17.9 Å². The van der Waals surface area contributed by atoms with Gasteiger partial charge in [-0.1, -0.05) is 0 Å². The Hall–Kier alpha value is -4.37. The fourth-order valence-corrected chi connectivity index (χ4v) is 17.4. The van der Waals surface area contributed by atoms with E-state index in [2.05, 4.69) is 0 Å². The van der Waals surface area contributed by atoms with Gasteiger partial charge in [-0.15, -0.1) is 0 Å². The average Bonchev–Trinajstić information content (AvgIpc) is 0.738. The third kappa shape index (κ3) is 24.4. The standard InChI is InChI=1S/C75H124N2O63/c76-28-34(98)32(96)26(123-63(28)115)12-121-64-29(77)35(99)33(97)27(126-64)13-122-74(72(116)117)3-24(138-75(73(118)119)2-15(86)30(94)53(139-75)19(90)7-81)57(55(140-74)21(92)9-83)133-69-48(112)59(61(54(131-69)20(91)8-82)137-66-44(108)36(100)31(95)25(10-84)125-66)135-68-47(111)58(46(110)52(129-68)22(93)11-120-65-43(107)37(101)39(103)49(127-65)16(87)4-78)134-70-56(14(85)1-23(124-70)62(113)114)132-71-60(42(106)41(105)51(130-71)18(89)6-80)136-67-45(109)38(102)40(104)50(128-67)17(88)5-79/h1,14-22,24-61,63-71,78-112,115H,2-13,76-77H2,(H,113,114)(H,116,117)(H,118,119)/t14-,15+,16-,17-,18+,19+,20-,21+,22-,24+,25+,26+,27+,28+,29+,30+,31+,32+,33+,34+,35+,36-,37-,38-,39-,40-,41-,42-,43-,44+,45-,46+,47-,48-,49+,50+,51+,52+,53+,54+,55+,56+,57+,58-,59+,60-,61+,63-,64+,65-,66-,67+,68+,69+,70-,71+,74+,75+/m0/s1. The molecular formula is C75H124N2O63. The number of aliphatic hydroxyl groups excluding tert-OH is 36. The summed E-state index contributed by atoms with van der Waals surface area (Å²) < 4.78 is 122. The first-order valence-electron chi connectivity index (χ1n) is 43.5. The molecule has 0 aromatic heterocycles. The molecule has 58 atom stereocenters. The lowest BCUT2D eigenvalue weighted by Crippen LogP contribution is -2.71. The van der Waals surface area contributed by atoms with Crippen LogP contribution in [-0.4, -0.2) is 638 Å². The number of carboxylic acid groups (broad SMARTS) is 3. The molecule has 10 fully saturated rings. The van der Waals surface area contributed by atoms with Crippen LogP contribution < -0.4 is 11.5 Å². The molecule has 0 aliphatic carbocycles. The number of aliphatic hydroxyl groups is 36. The average molecular weight is 2060 g/mol. The van der Waals surface area contributed by atoms with E-state index in [4.69, 9.17) is 111 Å². The van der Waals surface area contributed by atoms with E-state index in [1.165, 1.54) is 0 Å². The van der Waals surface area contributed by atoms with Gasteiger partial charge in [0.15, 0.2) is 56.4 Å². The van der Waals surface area contributed by atoms with Crippen LogP contribution in [0.3, 0.4) is 0 Å². The molecule has 0 spiro atoms. The minimum absolute atomic E-state index is 0.329. The summed E-state index contributed by atoms with van der Waals surface area (Å²) in [7, 11) is 0. The number of nitrogens with two attached hydrogens (primary N) is 2. The maximum atomic E-state index is 14.3. The van der Waals surface area contributed by atoms with Gasteiger partial charge in [0.2, 0.25) is 12.0 Å². The second-order valence-corrected chi connectivity index (χ2v) is 35.0. The third-order valence-electron chi connectivity index (χ3n) is 25.6. The monoisotopic (exact) mass is 2060 g/mol. The topological polar surface area (TPSA) is 1090 Å². The lowest BCUT2D eigenvalue weighted by Gasteiger charge is -2.53. The molecule has 11 aliphatic heterocycles. The van der Waals surface area contributed by atoms with Crippen LogP contribution in [0.5, 0.6) is 0 Å². The number of ether oxygens (including phenoxy) is 21. The fraction of sp³-hybridized carbons (Fsp3) is 0.933. The van der Waals surface area contributed by atoms with Crippen LogP contribution in [0.4, 0.5) is 0 Å². The number of carboxylic acids is 3. The molecule has 11 rings (SSSR count). The highest BCUT2D eigenvalue weighted by atomic mass is 16.8. The Bertz CT molecular complexity index is 3910. The van der Waals surface area contributed by atoms with E-state index in [9.17, 15) is 214 Å². The quantitative estimate of drug-likeness (QED) is 0.0271. The van der Waals surface area contributed by atoms with Crippen molar-refractivity contribution in [1.29, 1.82) is 0 Å². The maximum Gasteiger partial charge on any atom is 0.371 e. The zero-order valence-electron chi connectivity index (χ0n) is 72.8. The molecule has 65 nitrogen and oxygen atoms in total. The molecule has 0 unspecified atom stereocenters. The molecule has 65 heteroatoms. The lowest BCUT2D eigenvalue weighted by molar-refractivity contribution is -0.418. The summed E-state index contributed by atoms with van der Waals surface area (Å²) in [5.41, 5.74) is 11.8. The van der Waals surface area contributed by atoms with Gasteiger partial charge in [0, 0.05) is 12.8 Å². The van der Waals surface area contributed by atoms with Crippen LogP contribution in [-0.2, 0) is 114 Å². The number of carbonyl (C=O) groups is 3. The van der Waals surface area contributed by atoms with Crippen LogP contribution in [0.1, 0.15) is 12.8 Å². The summed E-state index contributed by atoms with van der Waals surface area (Å²) in [4.78, 5) is 41.3. The second-order valence-electron chi connectivity index (χ2n) is 35.0. The first-order valence-corrected chi connectivity index (χ1v) is 43.5. The SMILES string of the molecule is N[C@@H]1[C@@H](O)[C@H](O)[C@@H](CO[C@@H]2O[C@H](CO[C@]3(C(=O)O)C[C@@H](O[C@]4(C(=O)O)C[C@@H](O)[C@@H](O)[C@@H]([C@H](O)CO)O4)[C@@H](O[C@H]4O[C@H]([C@@H](O)CO)[C@@H](O[C@@H]5O[C@H](CO)[C@@H](O)[C@H](O)[C@H]5O)[C@H](O[C@H]5O[C@H]([C@@H](O)CO[C@H]6O[C@H]([C@@H](O)CO)[C@@H](O)[C@H](O)[C@@H]6O)[C@@H](O)[C@H](O[C@@H]6OC(C(=O)O)=C[C@H](O)[C@H]6O[C@H]6O[C@H]([C@H](O)CO)[C@@H](O)[C@H](O)[C@@H]6O[C@H]6O[C@H]([C@@H](O)CO)[C@@H](O)[C@H](O)[C@@H]6O)[C@@H]5O)[C@@H]4O)[C@@H]([C@H](O)CO)O3)[C@@H](O)[C@H](O)[C@H]2N)O[C@@H]1O. The molecular weight excluding hydrogens is 1940 g/mol. The maximum absolute atomic E-state index is 14.3. The smallest absolute Gasteiger partial charge is 0.371 e. The summed E-state index contributed by atoms with van der Waals surface area (Å²) >= 11 is 0.